The lowest BCUT2D eigenvalue weighted by atomic mass is 9.99. The molecule has 0 saturated carbocycles. The molecule has 0 radical (unpaired) electrons. The van der Waals surface area contributed by atoms with Crippen molar-refractivity contribution in [3.05, 3.63) is 35.9 Å². The van der Waals surface area contributed by atoms with E-state index >= 15 is 0 Å². The second-order valence-electron chi connectivity index (χ2n) is 6.22. The van der Waals surface area contributed by atoms with Crippen LogP contribution in [0.4, 0.5) is 0 Å². The lowest BCUT2D eigenvalue weighted by Crippen LogP contribution is -2.45. The average molecular weight is 290 g/mol. The minimum absolute atomic E-state index is 0.0614. The Kier molecular flexibility index (Phi) is 5.76. The molecule has 1 saturated heterocycles. The third-order valence-corrected chi connectivity index (χ3v) is 3.91. The highest BCUT2D eigenvalue weighted by Crippen LogP contribution is 2.25. The zero-order valence-corrected chi connectivity index (χ0v) is 13.0. The standard InChI is InChI=1S/C17H26N2O2/c1-13(2)12-18-17(21)16(14-6-4-3-5-7-14)19-10-8-15(20)9-11-19/h3-7,13,15-16,20H,8-12H2,1-2H3,(H,18,21). The summed E-state index contributed by atoms with van der Waals surface area (Å²) in [6.07, 6.45) is 1.25. The van der Waals surface area contributed by atoms with Gasteiger partial charge in [0.1, 0.15) is 6.04 Å². The third kappa shape index (κ3) is 4.55. The molecule has 1 aliphatic rings. The maximum atomic E-state index is 12.6. The van der Waals surface area contributed by atoms with Crippen LogP contribution in [-0.4, -0.2) is 41.7 Å². The van der Waals surface area contributed by atoms with Gasteiger partial charge in [0.15, 0.2) is 0 Å². The molecular formula is C17H26N2O2. The summed E-state index contributed by atoms with van der Waals surface area (Å²) in [5.41, 5.74) is 1.02. The number of nitrogens with one attached hydrogen (secondary N) is 1. The van der Waals surface area contributed by atoms with Crippen LogP contribution in [0.15, 0.2) is 30.3 Å². The fraction of sp³-hybridized carbons (Fsp3) is 0.588. The van der Waals surface area contributed by atoms with Crippen molar-refractivity contribution in [2.24, 2.45) is 5.92 Å². The van der Waals surface area contributed by atoms with E-state index in [1.165, 1.54) is 0 Å². The summed E-state index contributed by atoms with van der Waals surface area (Å²) in [6.45, 7) is 6.40. The van der Waals surface area contributed by atoms with Crippen molar-refractivity contribution in [3.8, 4) is 0 Å². The molecule has 21 heavy (non-hydrogen) atoms. The topological polar surface area (TPSA) is 52.6 Å². The van der Waals surface area contributed by atoms with Crippen molar-refractivity contribution in [3.63, 3.8) is 0 Å². The molecule has 1 fully saturated rings. The van der Waals surface area contributed by atoms with Crippen LogP contribution in [-0.2, 0) is 4.79 Å². The van der Waals surface area contributed by atoms with Crippen LogP contribution in [0.5, 0.6) is 0 Å². The molecule has 116 valence electrons. The van der Waals surface area contributed by atoms with Crippen LogP contribution >= 0.6 is 0 Å². The summed E-state index contributed by atoms with van der Waals surface area (Å²) in [5, 5.41) is 12.7. The van der Waals surface area contributed by atoms with E-state index < -0.39 is 0 Å². The molecule has 0 aliphatic carbocycles. The molecule has 1 aromatic carbocycles. The maximum Gasteiger partial charge on any atom is 0.241 e. The molecule has 1 aromatic rings. The van der Waals surface area contributed by atoms with E-state index in [4.69, 9.17) is 0 Å². The SMILES string of the molecule is CC(C)CNC(=O)C(c1ccccc1)N1CCC(O)CC1. The van der Waals surface area contributed by atoms with E-state index in [0.29, 0.717) is 12.5 Å². The summed E-state index contributed by atoms with van der Waals surface area (Å²) in [7, 11) is 0. The number of hydrogen-bond acceptors (Lipinski definition) is 3. The fourth-order valence-electron chi connectivity index (χ4n) is 2.71. The molecule has 0 spiro atoms. The predicted octanol–water partition coefficient (Wildman–Crippen LogP) is 1.96. The number of nitrogens with zero attached hydrogens (tertiary/aromatic N) is 1. The molecule has 0 aromatic heterocycles. The first kappa shape index (κ1) is 16.0. The monoisotopic (exact) mass is 290 g/mol. The molecule has 0 bridgehead atoms. The van der Waals surface area contributed by atoms with Gasteiger partial charge in [0.05, 0.1) is 6.10 Å². The van der Waals surface area contributed by atoms with Gasteiger partial charge in [-0.25, -0.2) is 0 Å². The quantitative estimate of drug-likeness (QED) is 0.871. The zero-order chi connectivity index (χ0) is 15.2. The van der Waals surface area contributed by atoms with E-state index in [0.717, 1.165) is 31.5 Å². The number of likely N-dealkylation sites (tertiary alicyclic amines) is 1. The van der Waals surface area contributed by atoms with E-state index in [1.54, 1.807) is 0 Å². The lowest BCUT2D eigenvalue weighted by molar-refractivity contribution is -0.127. The van der Waals surface area contributed by atoms with Crippen molar-refractivity contribution in [1.82, 2.24) is 10.2 Å². The van der Waals surface area contributed by atoms with Gasteiger partial charge in [-0.3, -0.25) is 9.69 Å². The van der Waals surface area contributed by atoms with Crippen molar-refractivity contribution in [2.75, 3.05) is 19.6 Å². The minimum Gasteiger partial charge on any atom is -0.393 e. The zero-order valence-electron chi connectivity index (χ0n) is 13.0. The Morgan fingerprint density at radius 2 is 1.90 bits per heavy atom. The van der Waals surface area contributed by atoms with Gasteiger partial charge in [-0.2, -0.15) is 0 Å². The van der Waals surface area contributed by atoms with Crippen molar-refractivity contribution >= 4 is 5.91 Å². The smallest absolute Gasteiger partial charge is 0.241 e. The van der Waals surface area contributed by atoms with E-state index in [2.05, 4.69) is 24.1 Å². The molecule has 2 rings (SSSR count). The van der Waals surface area contributed by atoms with Gasteiger partial charge >= 0.3 is 0 Å². The van der Waals surface area contributed by atoms with Gasteiger partial charge in [-0.1, -0.05) is 44.2 Å². The first-order valence-corrected chi connectivity index (χ1v) is 7.82. The first-order chi connectivity index (χ1) is 10.1. The number of hydrogen-bond donors (Lipinski definition) is 2. The second kappa shape index (κ2) is 7.57. The van der Waals surface area contributed by atoms with E-state index in [9.17, 15) is 9.90 Å². The number of amides is 1. The normalized spacial score (nSPS) is 18.7. The number of aliphatic hydroxyl groups is 1. The van der Waals surface area contributed by atoms with E-state index in [1.807, 2.05) is 30.3 Å². The second-order valence-corrected chi connectivity index (χ2v) is 6.22. The lowest BCUT2D eigenvalue weighted by Gasteiger charge is -2.35. The number of piperidine rings is 1. The summed E-state index contributed by atoms with van der Waals surface area (Å²) >= 11 is 0. The highest BCUT2D eigenvalue weighted by molar-refractivity contribution is 5.83. The van der Waals surface area contributed by atoms with Gasteiger partial charge in [0.25, 0.3) is 0 Å². The molecule has 1 atom stereocenters. The Morgan fingerprint density at radius 1 is 1.29 bits per heavy atom. The first-order valence-electron chi connectivity index (χ1n) is 7.82. The molecule has 1 amide bonds. The van der Waals surface area contributed by atoms with Crippen molar-refractivity contribution < 1.29 is 9.90 Å². The van der Waals surface area contributed by atoms with Crippen LogP contribution in [0.2, 0.25) is 0 Å². The molecule has 4 nitrogen and oxygen atoms in total. The largest absolute Gasteiger partial charge is 0.393 e. The number of carbonyl (C=O) groups is 1. The number of carbonyl (C=O) groups excluding carboxylic acids is 1. The third-order valence-electron chi connectivity index (χ3n) is 3.91. The number of rotatable bonds is 5. The molecular weight excluding hydrogens is 264 g/mol. The highest BCUT2D eigenvalue weighted by atomic mass is 16.3. The fourth-order valence-corrected chi connectivity index (χ4v) is 2.71. The average Bonchev–Trinajstić information content (AvgIpc) is 2.48. The summed E-state index contributed by atoms with van der Waals surface area (Å²) < 4.78 is 0. The van der Waals surface area contributed by atoms with Gasteiger partial charge < -0.3 is 10.4 Å². The summed E-state index contributed by atoms with van der Waals surface area (Å²) in [5.74, 6) is 0.500. The minimum atomic E-state index is -0.252. The highest BCUT2D eigenvalue weighted by Gasteiger charge is 2.30. The predicted molar refractivity (Wildman–Crippen MR) is 83.8 cm³/mol. The van der Waals surface area contributed by atoms with Gasteiger partial charge in [0.2, 0.25) is 5.91 Å². The van der Waals surface area contributed by atoms with Crippen LogP contribution in [0.25, 0.3) is 0 Å². The Hall–Kier alpha value is -1.39. The number of benzene rings is 1. The van der Waals surface area contributed by atoms with E-state index in [-0.39, 0.29) is 18.1 Å². The summed E-state index contributed by atoms with van der Waals surface area (Å²) in [6, 6.07) is 9.66. The van der Waals surface area contributed by atoms with Gasteiger partial charge in [-0.15, -0.1) is 0 Å². The van der Waals surface area contributed by atoms with Gasteiger partial charge in [-0.05, 0) is 24.3 Å². The Balaban J connectivity index is 2.12. The van der Waals surface area contributed by atoms with Crippen LogP contribution in [0.1, 0.15) is 38.3 Å². The Morgan fingerprint density at radius 3 is 2.48 bits per heavy atom. The Bertz CT molecular complexity index is 439. The molecule has 2 N–H and O–H groups in total. The van der Waals surface area contributed by atoms with Crippen LogP contribution in [0.3, 0.4) is 0 Å². The Labute approximate surface area is 127 Å². The number of aliphatic hydroxyl groups excluding tert-OH is 1. The van der Waals surface area contributed by atoms with Crippen LogP contribution in [0, 0.1) is 5.92 Å². The summed E-state index contributed by atoms with van der Waals surface area (Å²) in [4.78, 5) is 14.8. The molecule has 1 unspecified atom stereocenters. The van der Waals surface area contributed by atoms with Crippen molar-refractivity contribution in [1.29, 1.82) is 0 Å². The van der Waals surface area contributed by atoms with Gasteiger partial charge in [0, 0.05) is 19.6 Å². The van der Waals surface area contributed by atoms with Crippen LogP contribution < -0.4 is 5.32 Å². The van der Waals surface area contributed by atoms with Crippen molar-refractivity contribution in [2.45, 2.75) is 38.8 Å². The molecule has 4 heteroatoms. The molecule has 1 heterocycles. The maximum absolute atomic E-state index is 12.6. The molecule has 1 aliphatic heterocycles.